The van der Waals surface area contributed by atoms with Crippen LogP contribution in [0.1, 0.15) is 19.7 Å². The minimum absolute atomic E-state index is 0.146. The van der Waals surface area contributed by atoms with Gasteiger partial charge in [-0.2, -0.15) is 4.98 Å². The first kappa shape index (κ1) is 15.0. The molecule has 3 N–H and O–H groups in total. The van der Waals surface area contributed by atoms with Crippen LogP contribution < -0.4 is 5.73 Å². The molecule has 1 atom stereocenters. The van der Waals surface area contributed by atoms with Gasteiger partial charge in [-0.3, -0.25) is 0 Å². The molecule has 0 saturated carbocycles. The Morgan fingerprint density at radius 2 is 2.05 bits per heavy atom. The molecular weight excluding hydrogens is 274 g/mol. The molecular formula is C14H19N3O2S. The molecule has 1 heterocycles. The third-order valence-electron chi connectivity index (χ3n) is 2.86. The summed E-state index contributed by atoms with van der Waals surface area (Å²) in [4.78, 5) is 5.50. The Labute approximate surface area is 122 Å². The van der Waals surface area contributed by atoms with Gasteiger partial charge in [0, 0.05) is 17.0 Å². The molecule has 1 aromatic heterocycles. The first-order chi connectivity index (χ1) is 9.54. The lowest BCUT2D eigenvalue weighted by Gasteiger charge is -2.17. The lowest BCUT2D eigenvalue weighted by Crippen LogP contribution is -2.36. The minimum Gasteiger partial charge on any atom is -0.388 e. The topological polar surface area (TPSA) is 85.2 Å². The molecule has 2 rings (SSSR count). The molecule has 6 heteroatoms. The number of aliphatic hydroxyl groups is 1. The maximum atomic E-state index is 9.90. The molecule has 0 aliphatic rings. The van der Waals surface area contributed by atoms with Crippen molar-refractivity contribution in [2.75, 3.05) is 12.3 Å². The van der Waals surface area contributed by atoms with Crippen LogP contribution in [0.15, 0.2) is 33.7 Å². The van der Waals surface area contributed by atoms with Crippen molar-refractivity contribution < 1.29 is 9.63 Å². The van der Waals surface area contributed by atoms with Gasteiger partial charge in [-0.1, -0.05) is 12.1 Å². The maximum Gasteiger partial charge on any atom is 0.229 e. The fourth-order valence-corrected chi connectivity index (χ4v) is 2.37. The predicted molar refractivity (Wildman–Crippen MR) is 79.5 cm³/mol. The number of hydrogen-bond donors (Lipinski definition) is 2. The molecule has 1 unspecified atom stereocenters. The summed E-state index contributed by atoms with van der Waals surface area (Å²) in [7, 11) is 0. The van der Waals surface area contributed by atoms with Crippen LogP contribution in [-0.4, -0.2) is 33.1 Å². The molecule has 1 aromatic carbocycles. The summed E-state index contributed by atoms with van der Waals surface area (Å²) in [6.07, 6.45) is 0.250. The molecule has 0 aliphatic carbocycles. The van der Waals surface area contributed by atoms with Crippen molar-refractivity contribution in [2.45, 2.75) is 30.8 Å². The van der Waals surface area contributed by atoms with Crippen molar-refractivity contribution in [3.63, 3.8) is 0 Å². The molecule has 0 saturated heterocycles. The second-order valence-corrected chi connectivity index (χ2v) is 6.18. The van der Waals surface area contributed by atoms with E-state index in [4.69, 9.17) is 10.3 Å². The van der Waals surface area contributed by atoms with E-state index in [1.807, 2.05) is 24.3 Å². The lowest BCUT2D eigenvalue weighted by molar-refractivity contribution is 0.0610. The predicted octanol–water partition coefficient (Wildman–Crippen LogP) is 2.10. The second-order valence-electron chi connectivity index (χ2n) is 4.85. The zero-order chi connectivity index (χ0) is 14.6. The standard InChI is InChI=1S/C14H19N3O2S/c1-3-20-11-6-4-10(5-7-11)13-16-12(19-17-13)8-14(2,18)9-15/h4-7,18H,3,8-9,15H2,1-2H3. The summed E-state index contributed by atoms with van der Waals surface area (Å²) >= 11 is 1.78. The highest BCUT2D eigenvalue weighted by Gasteiger charge is 2.22. The van der Waals surface area contributed by atoms with E-state index in [0.29, 0.717) is 11.7 Å². The molecule has 0 amide bonds. The van der Waals surface area contributed by atoms with E-state index in [1.165, 1.54) is 4.90 Å². The van der Waals surface area contributed by atoms with E-state index < -0.39 is 5.60 Å². The van der Waals surface area contributed by atoms with Crippen LogP contribution in [0.5, 0.6) is 0 Å². The highest BCUT2D eigenvalue weighted by molar-refractivity contribution is 7.99. The van der Waals surface area contributed by atoms with Gasteiger partial charge in [-0.25, -0.2) is 0 Å². The Morgan fingerprint density at radius 3 is 2.65 bits per heavy atom. The minimum atomic E-state index is -1.02. The van der Waals surface area contributed by atoms with Crippen LogP contribution in [0.2, 0.25) is 0 Å². The van der Waals surface area contributed by atoms with E-state index in [9.17, 15) is 5.11 Å². The summed E-state index contributed by atoms with van der Waals surface area (Å²) in [5.41, 5.74) is 5.35. The van der Waals surface area contributed by atoms with Gasteiger partial charge in [0.05, 0.1) is 12.0 Å². The zero-order valence-electron chi connectivity index (χ0n) is 11.7. The lowest BCUT2D eigenvalue weighted by atomic mass is 10.0. The number of benzene rings is 1. The fourth-order valence-electron chi connectivity index (χ4n) is 1.71. The van der Waals surface area contributed by atoms with Gasteiger partial charge in [0.25, 0.3) is 0 Å². The molecule has 0 radical (unpaired) electrons. The van der Waals surface area contributed by atoms with Crippen molar-refractivity contribution in [3.8, 4) is 11.4 Å². The van der Waals surface area contributed by atoms with Crippen LogP contribution in [0.4, 0.5) is 0 Å². The Hall–Kier alpha value is -1.37. The van der Waals surface area contributed by atoms with Crippen LogP contribution >= 0.6 is 11.8 Å². The summed E-state index contributed by atoms with van der Waals surface area (Å²) < 4.78 is 5.15. The number of aromatic nitrogens is 2. The zero-order valence-corrected chi connectivity index (χ0v) is 12.5. The van der Waals surface area contributed by atoms with Crippen molar-refractivity contribution in [1.82, 2.24) is 10.1 Å². The highest BCUT2D eigenvalue weighted by Crippen LogP contribution is 2.23. The number of thioether (sulfide) groups is 1. The Kier molecular flexibility index (Phi) is 4.80. The Balaban J connectivity index is 2.12. The molecule has 0 aliphatic heterocycles. The second kappa shape index (κ2) is 6.39. The summed E-state index contributed by atoms with van der Waals surface area (Å²) in [6.45, 7) is 3.91. The molecule has 20 heavy (non-hydrogen) atoms. The molecule has 0 bridgehead atoms. The summed E-state index contributed by atoms with van der Waals surface area (Å²) in [5, 5.41) is 13.8. The largest absolute Gasteiger partial charge is 0.388 e. The number of nitrogens with zero attached hydrogens (tertiary/aromatic N) is 2. The van der Waals surface area contributed by atoms with Gasteiger partial charge in [0.1, 0.15) is 0 Å². The van der Waals surface area contributed by atoms with Crippen LogP contribution in [0.3, 0.4) is 0 Å². The van der Waals surface area contributed by atoms with Crippen molar-refractivity contribution in [3.05, 3.63) is 30.2 Å². The summed E-state index contributed by atoms with van der Waals surface area (Å²) in [5.74, 6) is 1.96. The average Bonchev–Trinajstić information content (AvgIpc) is 2.88. The molecule has 108 valence electrons. The van der Waals surface area contributed by atoms with Crippen LogP contribution in [0, 0.1) is 0 Å². The molecule has 5 nitrogen and oxygen atoms in total. The monoisotopic (exact) mass is 293 g/mol. The fraction of sp³-hybridized carbons (Fsp3) is 0.429. The van der Waals surface area contributed by atoms with Gasteiger partial charge < -0.3 is 15.4 Å². The maximum absolute atomic E-state index is 9.90. The van der Waals surface area contributed by atoms with Crippen molar-refractivity contribution in [2.24, 2.45) is 5.73 Å². The Bertz CT molecular complexity index is 552. The van der Waals surface area contributed by atoms with Gasteiger partial charge in [0.15, 0.2) is 0 Å². The summed E-state index contributed by atoms with van der Waals surface area (Å²) in [6, 6.07) is 8.01. The van der Waals surface area contributed by atoms with E-state index in [1.54, 1.807) is 18.7 Å². The first-order valence-corrected chi connectivity index (χ1v) is 7.51. The van der Waals surface area contributed by atoms with E-state index in [-0.39, 0.29) is 13.0 Å². The Morgan fingerprint density at radius 1 is 1.35 bits per heavy atom. The van der Waals surface area contributed by atoms with Gasteiger partial charge in [0.2, 0.25) is 11.7 Å². The molecule has 0 fully saturated rings. The van der Waals surface area contributed by atoms with Gasteiger partial charge in [-0.15, -0.1) is 11.8 Å². The van der Waals surface area contributed by atoms with Gasteiger partial charge >= 0.3 is 0 Å². The SMILES string of the molecule is CCSc1ccc(-c2noc(CC(C)(O)CN)n2)cc1. The third-order valence-corrected chi connectivity index (χ3v) is 3.76. The average molecular weight is 293 g/mol. The number of nitrogens with two attached hydrogens (primary N) is 1. The third kappa shape index (κ3) is 3.82. The van der Waals surface area contributed by atoms with E-state index in [2.05, 4.69) is 17.1 Å². The normalized spacial score (nSPS) is 14.2. The van der Waals surface area contributed by atoms with E-state index in [0.717, 1.165) is 11.3 Å². The number of hydrogen-bond acceptors (Lipinski definition) is 6. The van der Waals surface area contributed by atoms with Gasteiger partial charge in [-0.05, 0) is 36.9 Å². The quantitative estimate of drug-likeness (QED) is 0.793. The smallest absolute Gasteiger partial charge is 0.229 e. The van der Waals surface area contributed by atoms with Crippen molar-refractivity contribution >= 4 is 11.8 Å². The van der Waals surface area contributed by atoms with Crippen LogP contribution in [-0.2, 0) is 6.42 Å². The molecule has 2 aromatic rings. The number of rotatable bonds is 6. The first-order valence-electron chi connectivity index (χ1n) is 6.52. The van der Waals surface area contributed by atoms with Crippen LogP contribution in [0.25, 0.3) is 11.4 Å². The molecule has 0 spiro atoms. The van der Waals surface area contributed by atoms with Crippen molar-refractivity contribution in [1.29, 1.82) is 0 Å². The van der Waals surface area contributed by atoms with E-state index >= 15 is 0 Å². The highest BCUT2D eigenvalue weighted by atomic mass is 32.2.